The van der Waals surface area contributed by atoms with Gasteiger partial charge in [-0.1, -0.05) is 12.1 Å². The van der Waals surface area contributed by atoms with E-state index in [1.54, 1.807) is 6.07 Å². The molecule has 0 aliphatic carbocycles. The van der Waals surface area contributed by atoms with E-state index >= 15 is 0 Å². The van der Waals surface area contributed by atoms with Crippen LogP contribution >= 0.6 is 0 Å². The summed E-state index contributed by atoms with van der Waals surface area (Å²) in [6.45, 7) is 2.40. The highest BCUT2D eigenvalue weighted by Crippen LogP contribution is 2.27. The number of nitrogens with two attached hydrogens (primary N) is 1. The summed E-state index contributed by atoms with van der Waals surface area (Å²) in [5.41, 5.74) is 6.47. The zero-order valence-corrected chi connectivity index (χ0v) is 10.3. The lowest BCUT2D eigenvalue weighted by molar-refractivity contribution is -0.384. The van der Waals surface area contributed by atoms with E-state index in [0.29, 0.717) is 25.1 Å². The van der Waals surface area contributed by atoms with Crippen LogP contribution in [0.3, 0.4) is 0 Å². The Balaban J connectivity index is 2.56. The molecule has 98 valence electrons. The van der Waals surface area contributed by atoms with Crippen molar-refractivity contribution in [3.8, 4) is 0 Å². The number of benzene rings is 1. The van der Waals surface area contributed by atoms with Crippen molar-refractivity contribution in [2.45, 2.75) is 26.2 Å². The third-order valence-electron chi connectivity index (χ3n) is 2.60. The van der Waals surface area contributed by atoms with Gasteiger partial charge in [-0.3, -0.25) is 14.9 Å². The third kappa shape index (κ3) is 4.04. The first-order valence-electron chi connectivity index (χ1n) is 5.78. The Hall–Kier alpha value is -2.11. The van der Waals surface area contributed by atoms with Gasteiger partial charge in [0.1, 0.15) is 5.69 Å². The van der Waals surface area contributed by atoms with Crippen molar-refractivity contribution in [2.75, 3.05) is 11.9 Å². The maximum absolute atomic E-state index is 10.9. The van der Waals surface area contributed by atoms with E-state index in [-0.39, 0.29) is 11.6 Å². The van der Waals surface area contributed by atoms with Crippen LogP contribution in [0.25, 0.3) is 0 Å². The predicted molar refractivity (Wildman–Crippen MR) is 69.4 cm³/mol. The van der Waals surface area contributed by atoms with Crippen molar-refractivity contribution in [1.82, 2.24) is 0 Å². The van der Waals surface area contributed by atoms with Gasteiger partial charge in [-0.15, -0.1) is 0 Å². The number of anilines is 1. The Bertz CT molecular complexity index is 446. The number of hydrogen-bond acceptors (Lipinski definition) is 4. The number of amides is 1. The summed E-state index contributed by atoms with van der Waals surface area (Å²) >= 11 is 0. The molecule has 0 aromatic heterocycles. The molecule has 0 radical (unpaired) electrons. The van der Waals surface area contributed by atoms with Crippen LogP contribution in [0.4, 0.5) is 11.4 Å². The Kier molecular flexibility index (Phi) is 5.10. The lowest BCUT2D eigenvalue weighted by Gasteiger charge is -2.09. The number of nitrogens with zero attached hydrogens (tertiary/aromatic N) is 1. The molecule has 0 heterocycles. The smallest absolute Gasteiger partial charge is 0.292 e. The molecule has 3 N–H and O–H groups in total. The van der Waals surface area contributed by atoms with Gasteiger partial charge >= 0.3 is 0 Å². The van der Waals surface area contributed by atoms with Crippen LogP contribution in [-0.2, 0) is 4.79 Å². The van der Waals surface area contributed by atoms with E-state index in [1.807, 2.05) is 13.0 Å². The SMILES string of the molecule is Cc1cccc([N+](=O)[O-])c1NCCCCC(N)=O. The normalized spacial score (nSPS) is 10.1. The van der Waals surface area contributed by atoms with Crippen LogP contribution in [-0.4, -0.2) is 17.4 Å². The molecule has 0 atom stereocenters. The molecule has 0 spiro atoms. The van der Waals surface area contributed by atoms with Crippen molar-refractivity contribution in [2.24, 2.45) is 5.73 Å². The molecule has 1 aromatic rings. The highest BCUT2D eigenvalue weighted by molar-refractivity contribution is 5.73. The van der Waals surface area contributed by atoms with Crippen LogP contribution in [0.2, 0.25) is 0 Å². The van der Waals surface area contributed by atoms with Crippen LogP contribution in [0.1, 0.15) is 24.8 Å². The highest BCUT2D eigenvalue weighted by atomic mass is 16.6. The fraction of sp³-hybridized carbons (Fsp3) is 0.417. The van der Waals surface area contributed by atoms with Gasteiger partial charge in [0, 0.05) is 19.0 Å². The zero-order chi connectivity index (χ0) is 13.5. The molecule has 18 heavy (non-hydrogen) atoms. The molecule has 1 rings (SSSR count). The molecule has 0 aliphatic rings. The number of unbranched alkanes of at least 4 members (excludes halogenated alkanes) is 1. The molecule has 1 amide bonds. The average Bonchev–Trinajstić information content (AvgIpc) is 2.29. The lowest BCUT2D eigenvalue weighted by Crippen LogP contribution is -2.11. The average molecular weight is 251 g/mol. The lowest BCUT2D eigenvalue weighted by atomic mass is 10.1. The molecule has 0 fully saturated rings. The number of carbonyl (C=O) groups is 1. The number of aryl methyl sites for hydroxylation is 1. The Labute approximate surface area is 105 Å². The number of nitro benzene ring substituents is 1. The van der Waals surface area contributed by atoms with Crippen molar-refractivity contribution in [3.05, 3.63) is 33.9 Å². The van der Waals surface area contributed by atoms with E-state index in [2.05, 4.69) is 5.32 Å². The maximum atomic E-state index is 10.9. The van der Waals surface area contributed by atoms with Gasteiger partial charge in [-0.2, -0.15) is 0 Å². The Morgan fingerprint density at radius 3 is 2.78 bits per heavy atom. The summed E-state index contributed by atoms with van der Waals surface area (Å²) in [4.78, 5) is 21.0. The third-order valence-corrected chi connectivity index (χ3v) is 2.60. The Morgan fingerprint density at radius 1 is 1.44 bits per heavy atom. The first-order chi connectivity index (χ1) is 8.52. The standard InChI is InChI=1S/C12H17N3O3/c1-9-5-4-6-10(15(17)18)12(9)14-8-3-2-7-11(13)16/h4-6,14H,2-3,7-8H2,1H3,(H2,13,16). The number of rotatable bonds is 7. The molecule has 6 nitrogen and oxygen atoms in total. The topological polar surface area (TPSA) is 98.3 Å². The van der Waals surface area contributed by atoms with E-state index in [4.69, 9.17) is 5.73 Å². The van der Waals surface area contributed by atoms with Gasteiger partial charge in [0.2, 0.25) is 5.91 Å². The first-order valence-corrected chi connectivity index (χ1v) is 5.78. The molecule has 6 heteroatoms. The number of para-hydroxylation sites is 1. The number of nitro groups is 1. The number of hydrogen-bond donors (Lipinski definition) is 2. The van der Waals surface area contributed by atoms with E-state index in [9.17, 15) is 14.9 Å². The second kappa shape index (κ2) is 6.58. The summed E-state index contributed by atoms with van der Waals surface area (Å²) in [7, 11) is 0. The minimum absolute atomic E-state index is 0.0740. The van der Waals surface area contributed by atoms with Gasteiger partial charge in [0.15, 0.2) is 0 Å². The molecule has 0 bridgehead atoms. The van der Waals surface area contributed by atoms with Crippen molar-refractivity contribution < 1.29 is 9.72 Å². The van der Waals surface area contributed by atoms with Gasteiger partial charge in [-0.05, 0) is 25.3 Å². The van der Waals surface area contributed by atoms with Crippen molar-refractivity contribution >= 4 is 17.3 Å². The molecular formula is C12H17N3O3. The molecule has 0 saturated heterocycles. The van der Waals surface area contributed by atoms with E-state index < -0.39 is 4.92 Å². The predicted octanol–water partition coefficient (Wildman–Crippen LogP) is 1.97. The van der Waals surface area contributed by atoms with Gasteiger partial charge in [-0.25, -0.2) is 0 Å². The second-order valence-electron chi connectivity index (χ2n) is 4.08. The zero-order valence-electron chi connectivity index (χ0n) is 10.3. The van der Waals surface area contributed by atoms with E-state index in [1.165, 1.54) is 6.07 Å². The van der Waals surface area contributed by atoms with E-state index in [0.717, 1.165) is 12.0 Å². The quantitative estimate of drug-likeness (QED) is 0.439. The molecule has 0 unspecified atom stereocenters. The van der Waals surface area contributed by atoms with Crippen LogP contribution in [0.5, 0.6) is 0 Å². The molecule has 0 aliphatic heterocycles. The van der Waals surface area contributed by atoms with Crippen LogP contribution < -0.4 is 11.1 Å². The number of primary amides is 1. The molecular weight excluding hydrogens is 234 g/mol. The van der Waals surface area contributed by atoms with Gasteiger partial charge in [0.05, 0.1) is 4.92 Å². The fourth-order valence-electron chi connectivity index (χ4n) is 1.67. The van der Waals surface area contributed by atoms with Crippen molar-refractivity contribution in [1.29, 1.82) is 0 Å². The maximum Gasteiger partial charge on any atom is 0.292 e. The minimum Gasteiger partial charge on any atom is -0.379 e. The first kappa shape index (κ1) is 14.0. The molecule has 1 aromatic carbocycles. The summed E-state index contributed by atoms with van der Waals surface area (Å²) in [6, 6.07) is 4.95. The summed E-state index contributed by atoms with van der Waals surface area (Å²) in [6.07, 6.45) is 1.77. The molecule has 0 saturated carbocycles. The van der Waals surface area contributed by atoms with Crippen molar-refractivity contribution in [3.63, 3.8) is 0 Å². The largest absolute Gasteiger partial charge is 0.379 e. The summed E-state index contributed by atoms with van der Waals surface area (Å²) in [5.74, 6) is -0.322. The summed E-state index contributed by atoms with van der Waals surface area (Å²) < 4.78 is 0. The highest BCUT2D eigenvalue weighted by Gasteiger charge is 2.14. The number of carbonyl (C=O) groups excluding carboxylic acids is 1. The second-order valence-corrected chi connectivity index (χ2v) is 4.08. The van der Waals surface area contributed by atoms with Crippen LogP contribution in [0.15, 0.2) is 18.2 Å². The number of nitrogens with one attached hydrogen (secondary N) is 1. The van der Waals surface area contributed by atoms with Gasteiger partial charge in [0.25, 0.3) is 5.69 Å². The summed E-state index contributed by atoms with van der Waals surface area (Å²) in [5, 5.41) is 13.9. The monoisotopic (exact) mass is 251 g/mol. The van der Waals surface area contributed by atoms with Gasteiger partial charge < -0.3 is 11.1 Å². The minimum atomic E-state index is -0.404. The fourth-order valence-corrected chi connectivity index (χ4v) is 1.67. The Morgan fingerprint density at radius 2 is 2.17 bits per heavy atom. The van der Waals surface area contributed by atoms with Crippen LogP contribution in [0, 0.1) is 17.0 Å².